The van der Waals surface area contributed by atoms with Crippen molar-refractivity contribution >= 4 is 11.9 Å². The van der Waals surface area contributed by atoms with Crippen LogP contribution in [0.5, 0.6) is 0 Å². The molecule has 0 aromatic heterocycles. The second-order valence-corrected chi connectivity index (χ2v) is 16.2. The van der Waals surface area contributed by atoms with Gasteiger partial charge in [0.05, 0.1) is 25.2 Å². The Kier molecular flexibility index (Phi) is 40.7. The van der Waals surface area contributed by atoms with Crippen molar-refractivity contribution in [2.45, 2.75) is 270 Å². The standard InChI is InChI=1S/C47H91NO5/c1-4-7-10-13-16-19-21-22-23-24-25-27-30-33-36-39-45(50)44(42-49)48-46(51)41-43(38-35-32-29-26-18-15-12-9-6-3)53-47(52)40-37-34-31-28-20-17-14-11-8-5-2/h11,14,43-45,49-50H,4-10,12-13,15-42H2,1-3H3,(H,48,51)/b14-11-. The van der Waals surface area contributed by atoms with E-state index in [-0.39, 0.29) is 24.9 Å². The molecule has 0 aromatic carbocycles. The Morgan fingerprint density at radius 3 is 1.42 bits per heavy atom. The minimum atomic E-state index is -0.781. The van der Waals surface area contributed by atoms with Crippen molar-refractivity contribution in [2.24, 2.45) is 0 Å². The van der Waals surface area contributed by atoms with E-state index >= 15 is 0 Å². The van der Waals surface area contributed by atoms with Crippen LogP contribution in [-0.2, 0) is 14.3 Å². The second kappa shape index (κ2) is 41.8. The van der Waals surface area contributed by atoms with Crippen LogP contribution >= 0.6 is 0 Å². The summed E-state index contributed by atoms with van der Waals surface area (Å²) in [4.78, 5) is 25.9. The van der Waals surface area contributed by atoms with Crippen molar-refractivity contribution < 1.29 is 24.5 Å². The molecule has 0 aliphatic carbocycles. The van der Waals surface area contributed by atoms with Crippen LogP contribution in [0.15, 0.2) is 12.2 Å². The average Bonchev–Trinajstić information content (AvgIpc) is 3.15. The molecule has 6 heteroatoms. The van der Waals surface area contributed by atoms with Gasteiger partial charge in [0.1, 0.15) is 6.10 Å². The van der Waals surface area contributed by atoms with E-state index in [0.717, 1.165) is 57.8 Å². The number of rotatable bonds is 42. The van der Waals surface area contributed by atoms with Crippen molar-refractivity contribution in [3.8, 4) is 0 Å². The van der Waals surface area contributed by atoms with Gasteiger partial charge in [0.2, 0.25) is 5.91 Å². The lowest BCUT2D eigenvalue weighted by molar-refractivity contribution is -0.151. The predicted molar refractivity (Wildman–Crippen MR) is 227 cm³/mol. The topological polar surface area (TPSA) is 95.9 Å². The minimum absolute atomic E-state index is 0.0798. The monoisotopic (exact) mass is 750 g/mol. The summed E-state index contributed by atoms with van der Waals surface area (Å²) in [6.07, 6.45) is 44.2. The zero-order valence-corrected chi connectivity index (χ0v) is 35.7. The van der Waals surface area contributed by atoms with Gasteiger partial charge in [-0.1, -0.05) is 206 Å². The smallest absolute Gasteiger partial charge is 0.306 e. The Bertz CT molecular complexity index is 802. The van der Waals surface area contributed by atoms with Gasteiger partial charge in [-0.05, 0) is 44.9 Å². The number of amides is 1. The van der Waals surface area contributed by atoms with E-state index in [2.05, 4.69) is 38.2 Å². The van der Waals surface area contributed by atoms with Crippen molar-refractivity contribution in [1.82, 2.24) is 5.32 Å². The van der Waals surface area contributed by atoms with E-state index in [0.29, 0.717) is 19.3 Å². The van der Waals surface area contributed by atoms with E-state index in [9.17, 15) is 19.8 Å². The summed E-state index contributed by atoms with van der Waals surface area (Å²) in [7, 11) is 0. The van der Waals surface area contributed by atoms with Crippen LogP contribution in [0.1, 0.15) is 252 Å². The molecule has 314 valence electrons. The fourth-order valence-corrected chi connectivity index (χ4v) is 7.26. The van der Waals surface area contributed by atoms with Gasteiger partial charge in [-0.3, -0.25) is 9.59 Å². The lowest BCUT2D eigenvalue weighted by atomic mass is 10.0. The number of hydrogen-bond acceptors (Lipinski definition) is 5. The molecule has 3 atom stereocenters. The number of aliphatic hydroxyl groups is 2. The molecule has 0 fully saturated rings. The number of carbonyl (C=O) groups is 2. The Balaban J connectivity index is 4.44. The van der Waals surface area contributed by atoms with Crippen molar-refractivity contribution in [3.05, 3.63) is 12.2 Å². The normalized spacial score (nSPS) is 13.4. The van der Waals surface area contributed by atoms with Crippen molar-refractivity contribution in [2.75, 3.05) is 6.61 Å². The number of aliphatic hydroxyl groups excluding tert-OH is 2. The molecule has 0 bridgehead atoms. The predicted octanol–water partition coefficient (Wildman–Crippen LogP) is 13.4. The SMILES string of the molecule is CCC/C=C\CCCCCCCC(=O)OC(CCCCCCCCCCC)CC(=O)NC(CO)C(O)CCCCCCCCCCCCCCCCC. The highest BCUT2D eigenvalue weighted by Gasteiger charge is 2.24. The van der Waals surface area contributed by atoms with Crippen LogP contribution in [-0.4, -0.2) is 46.9 Å². The Hall–Kier alpha value is -1.40. The quantitative estimate of drug-likeness (QED) is 0.0328. The number of carbonyl (C=O) groups excluding carboxylic acids is 2. The number of unbranched alkanes of at least 4 members (excludes halogenated alkanes) is 28. The Morgan fingerprint density at radius 1 is 0.528 bits per heavy atom. The fourth-order valence-electron chi connectivity index (χ4n) is 7.26. The third-order valence-electron chi connectivity index (χ3n) is 10.8. The first kappa shape index (κ1) is 51.6. The van der Waals surface area contributed by atoms with Gasteiger partial charge in [-0.15, -0.1) is 0 Å². The van der Waals surface area contributed by atoms with Crippen LogP contribution in [0.3, 0.4) is 0 Å². The molecule has 0 saturated carbocycles. The molecule has 0 aliphatic rings. The lowest BCUT2D eigenvalue weighted by Crippen LogP contribution is -2.46. The largest absolute Gasteiger partial charge is 0.462 e. The molecule has 0 aliphatic heterocycles. The van der Waals surface area contributed by atoms with Crippen LogP contribution in [0.2, 0.25) is 0 Å². The summed E-state index contributed by atoms with van der Waals surface area (Å²) < 4.78 is 5.88. The highest BCUT2D eigenvalue weighted by atomic mass is 16.5. The molecular weight excluding hydrogens is 659 g/mol. The fraction of sp³-hybridized carbons (Fsp3) is 0.915. The highest BCUT2D eigenvalue weighted by Crippen LogP contribution is 2.18. The van der Waals surface area contributed by atoms with Crippen molar-refractivity contribution in [3.63, 3.8) is 0 Å². The summed E-state index contributed by atoms with van der Waals surface area (Å²) in [5.74, 6) is -0.477. The van der Waals surface area contributed by atoms with E-state index in [4.69, 9.17) is 4.74 Å². The highest BCUT2D eigenvalue weighted by molar-refractivity contribution is 5.77. The molecule has 0 aromatic rings. The summed E-state index contributed by atoms with van der Waals surface area (Å²) in [5.41, 5.74) is 0. The van der Waals surface area contributed by atoms with Gasteiger partial charge in [0, 0.05) is 6.42 Å². The minimum Gasteiger partial charge on any atom is -0.462 e. The zero-order valence-electron chi connectivity index (χ0n) is 35.7. The number of allylic oxidation sites excluding steroid dienone is 2. The molecule has 53 heavy (non-hydrogen) atoms. The molecule has 0 spiro atoms. The number of ether oxygens (including phenoxy) is 1. The first-order chi connectivity index (χ1) is 26.0. The number of hydrogen-bond donors (Lipinski definition) is 3. The second-order valence-electron chi connectivity index (χ2n) is 16.2. The van der Waals surface area contributed by atoms with E-state index in [1.165, 1.54) is 148 Å². The molecule has 0 heterocycles. The summed E-state index contributed by atoms with van der Waals surface area (Å²) in [6, 6.07) is -0.694. The first-order valence-corrected chi connectivity index (χ1v) is 23.4. The van der Waals surface area contributed by atoms with Gasteiger partial charge in [0.15, 0.2) is 0 Å². The third-order valence-corrected chi connectivity index (χ3v) is 10.8. The van der Waals surface area contributed by atoms with Gasteiger partial charge < -0.3 is 20.3 Å². The zero-order chi connectivity index (χ0) is 38.9. The van der Waals surface area contributed by atoms with Crippen LogP contribution < -0.4 is 5.32 Å². The Labute approximate surface area is 329 Å². The van der Waals surface area contributed by atoms with Gasteiger partial charge in [-0.25, -0.2) is 0 Å². The van der Waals surface area contributed by atoms with Crippen LogP contribution in [0.25, 0.3) is 0 Å². The average molecular weight is 750 g/mol. The van der Waals surface area contributed by atoms with E-state index in [1.54, 1.807) is 0 Å². The number of nitrogens with one attached hydrogen (secondary N) is 1. The Morgan fingerprint density at radius 2 is 0.943 bits per heavy atom. The van der Waals surface area contributed by atoms with Crippen LogP contribution in [0, 0.1) is 0 Å². The molecule has 3 N–H and O–H groups in total. The molecular formula is C47H91NO5. The molecule has 6 nitrogen and oxygen atoms in total. The summed E-state index contributed by atoms with van der Waals surface area (Å²) in [6.45, 7) is 6.41. The van der Waals surface area contributed by atoms with E-state index < -0.39 is 18.2 Å². The van der Waals surface area contributed by atoms with Gasteiger partial charge >= 0.3 is 5.97 Å². The number of esters is 1. The molecule has 0 rings (SSSR count). The van der Waals surface area contributed by atoms with Gasteiger partial charge in [0.25, 0.3) is 0 Å². The summed E-state index contributed by atoms with van der Waals surface area (Å²) >= 11 is 0. The first-order valence-electron chi connectivity index (χ1n) is 23.4. The molecule has 3 unspecified atom stereocenters. The maximum Gasteiger partial charge on any atom is 0.306 e. The van der Waals surface area contributed by atoms with E-state index in [1.807, 2.05) is 0 Å². The maximum atomic E-state index is 13.1. The van der Waals surface area contributed by atoms with Crippen molar-refractivity contribution in [1.29, 1.82) is 0 Å². The molecule has 0 saturated heterocycles. The lowest BCUT2D eigenvalue weighted by Gasteiger charge is -2.24. The summed E-state index contributed by atoms with van der Waals surface area (Å²) in [5, 5.41) is 23.7. The third kappa shape index (κ3) is 37.3. The van der Waals surface area contributed by atoms with Crippen LogP contribution in [0.4, 0.5) is 0 Å². The maximum absolute atomic E-state index is 13.1. The molecule has 0 radical (unpaired) electrons. The van der Waals surface area contributed by atoms with Gasteiger partial charge in [-0.2, -0.15) is 0 Å². The molecule has 1 amide bonds.